The lowest BCUT2D eigenvalue weighted by Crippen LogP contribution is -2.37. The average Bonchev–Trinajstić information content (AvgIpc) is 3.17. The smallest absolute Gasteiger partial charge is 0.306 e. The van der Waals surface area contributed by atoms with Crippen LogP contribution in [0.15, 0.2) is 24.3 Å². The Morgan fingerprint density at radius 1 is 0.517 bits per heavy atom. The summed E-state index contributed by atoms with van der Waals surface area (Å²) >= 11 is 0. The molecule has 0 saturated carbocycles. The molecule has 2 atom stereocenters. The van der Waals surface area contributed by atoms with Gasteiger partial charge in [-0.15, -0.1) is 0 Å². The maximum atomic E-state index is 12.7. The molecule has 0 bridgehead atoms. The van der Waals surface area contributed by atoms with Gasteiger partial charge in [-0.2, -0.15) is 0 Å². The number of esters is 2. The highest BCUT2D eigenvalue weighted by Gasteiger charge is 2.21. The van der Waals surface area contributed by atoms with Gasteiger partial charge in [0, 0.05) is 12.8 Å². The number of likely N-dealkylation sites (N-methyl/N-ethyl adjacent to an activating group) is 1. The molecule has 0 amide bonds. The van der Waals surface area contributed by atoms with Gasteiger partial charge in [-0.3, -0.25) is 14.2 Å². The molecule has 0 aliphatic heterocycles. The van der Waals surface area contributed by atoms with E-state index in [0.29, 0.717) is 17.4 Å². The summed E-state index contributed by atoms with van der Waals surface area (Å²) in [7, 11) is 1.17. The van der Waals surface area contributed by atoms with Crippen LogP contribution in [0, 0.1) is 0 Å². The Morgan fingerprint density at radius 2 is 0.879 bits per heavy atom. The van der Waals surface area contributed by atoms with Crippen molar-refractivity contribution in [3.05, 3.63) is 24.3 Å². The first-order valence-corrected chi connectivity index (χ1v) is 25.5. The minimum Gasteiger partial charge on any atom is -0.756 e. The summed E-state index contributed by atoms with van der Waals surface area (Å²) in [6.07, 6.45) is 44.8. The average molecular weight is 842 g/mol. The summed E-state index contributed by atoms with van der Waals surface area (Å²) in [6.45, 7) is 4.23. The number of hydrogen-bond acceptors (Lipinski definition) is 8. The molecule has 0 fully saturated rings. The van der Waals surface area contributed by atoms with Crippen LogP contribution >= 0.6 is 7.82 Å². The molecule has 58 heavy (non-hydrogen) atoms. The molecule has 0 radical (unpaired) electrons. The third kappa shape index (κ3) is 44.1. The van der Waals surface area contributed by atoms with Crippen molar-refractivity contribution in [2.75, 3.05) is 47.5 Å². The molecule has 0 saturated heterocycles. The number of nitrogens with zero attached hydrogens (tertiary/aromatic N) is 1. The number of phosphoric acid groups is 1. The summed E-state index contributed by atoms with van der Waals surface area (Å²) < 4.78 is 34.0. The second kappa shape index (κ2) is 40.9. The Balaban J connectivity index is 4.30. The Bertz CT molecular complexity index is 1040. The first-order valence-electron chi connectivity index (χ1n) is 24.0. The summed E-state index contributed by atoms with van der Waals surface area (Å²) in [5, 5.41) is 0. The number of unbranched alkanes of at least 4 members (excludes halogenated alkanes) is 26. The number of carbonyl (C=O) groups excluding carboxylic acids is 2. The molecule has 342 valence electrons. The van der Waals surface area contributed by atoms with Crippen molar-refractivity contribution < 1.29 is 42.1 Å². The van der Waals surface area contributed by atoms with Gasteiger partial charge in [-0.1, -0.05) is 167 Å². The van der Waals surface area contributed by atoms with Crippen molar-refractivity contribution in [2.24, 2.45) is 0 Å². The molecular formula is C48H92NO8P. The van der Waals surface area contributed by atoms with E-state index in [1.165, 1.54) is 128 Å². The standard InChI is InChI=1S/C48H92NO8P/c1-6-8-10-12-14-16-18-20-22-24-26-28-30-32-34-36-38-40-47(50)54-44-46(45-56-58(52,53)55-43-42-49(3,4)5)57-48(51)41-39-37-35-33-31-29-27-25-23-21-19-17-15-13-11-9-7-2/h20-23,46H,6-19,24-45H2,1-5H3/t46-/m1/s1. The van der Waals surface area contributed by atoms with Crippen LogP contribution in [0.25, 0.3) is 0 Å². The first-order chi connectivity index (χ1) is 28.0. The van der Waals surface area contributed by atoms with E-state index in [2.05, 4.69) is 38.2 Å². The van der Waals surface area contributed by atoms with Gasteiger partial charge >= 0.3 is 11.9 Å². The molecule has 0 aromatic carbocycles. The van der Waals surface area contributed by atoms with Crippen LogP contribution in [0.5, 0.6) is 0 Å². The Kier molecular flexibility index (Phi) is 39.8. The van der Waals surface area contributed by atoms with E-state index in [9.17, 15) is 19.0 Å². The lowest BCUT2D eigenvalue weighted by molar-refractivity contribution is -0.870. The number of quaternary nitrogens is 1. The van der Waals surface area contributed by atoms with Crippen molar-refractivity contribution in [1.82, 2.24) is 0 Å². The van der Waals surface area contributed by atoms with Crippen LogP contribution in [0.2, 0.25) is 0 Å². The SMILES string of the molecule is CCCCCCCCC=CCCCCCCCCCC(=O)OC[C@H](COP(=O)([O-])OCC[N+](C)(C)C)OC(=O)CCCCCCCCCC=CCCCCCCCC. The fraction of sp³-hybridized carbons (Fsp3) is 0.875. The predicted octanol–water partition coefficient (Wildman–Crippen LogP) is 13.3. The van der Waals surface area contributed by atoms with E-state index in [0.717, 1.165) is 57.8 Å². The quantitative estimate of drug-likeness (QED) is 0.0196. The van der Waals surface area contributed by atoms with Gasteiger partial charge < -0.3 is 27.9 Å². The van der Waals surface area contributed by atoms with Crippen LogP contribution in [-0.2, 0) is 32.7 Å². The van der Waals surface area contributed by atoms with E-state index >= 15 is 0 Å². The maximum Gasteiger partial charge on any atom is 0.306 e. The van der Waals surface area contributed by atoms with E-state index in [-0.39, 0.29) is 32.0 Å². The van der Waals surface area contributed by atoms with Gasteiger partial charge in [0.2, 0.25) is 0 Å². The van der Waals surface area contributed by atoms with E-state index in [1.54, 1.807) is 0 Å². The van der Waals surface area contributed by atoms with Crippen molar-refractivity contribution in [3.8, 4) is 0 Å². The number of phosphoric ester groups is 1. The first kappa shape index (κ1) is 56.5. The summed E-state index contributed by atoms with van der Waals surface area (Å²) in [4.78, 5) is 37.6. The molecule has 0 aliphatic carbocycles. The molecule has 10 heteroatoms. The molecule has 0 aliphatic rings. The maximum absolute atomic E-state index is 12.7. The highest BCUT2D eigenvalue weighted by atomic mass is 31.2. The van der Waals surface area contributed by atoms with Gasteiger partial charge in [0.05, 0.1) is 27.7 Å². The Hall–Kier alpha value is -1.51. The summed E-state index contributed by atoms with van der Waals surface area (Å²) in [6, 6.07) is 0. The highest BCUT2D eigenvalue weighted by molar-refractivity contribution is 7.45. The lowest BCUT2D eigenvalue weighted by Gasteiger charge is -2.28. The normalized spacial score (nSPS) is 13.7. The largest absolute Gasteiger partial charge is 0.756 e. The van der Waals surface area contributed by atoms with Crippen LogP contribution in [-0.4, -0.2) is 70.0 Å². The number of allylic oxidation sites excluding steroid dienone is 4. The predicted molar refractivity (Wildman–Crippen MR) is 241 cm³/mol. The van der Waals surface area contributed by atoms with Gasteiger partial charge in [-0.05, 0) is 64.2 Å². The van der Waals surface area contributed by atoms with Crippen LogP contribution in [0.3, 0.4) is 0 Å². The van der Waals surface area contributed by atoms with Crippen molar-refractivity contribution in [3.63, 3.8) is 0 Å². The Labute approximate surface area is 358 Å². The summed E-state index contributed by atoms with van der Waals surface area (Å²) in [5.41, 5.74) is 0. The fourth-order valence-corrected chi connectivity index (χ4v) is 7.37. The van der Waals surface area contributed by atoms with Gasteiger partial charge in [0.15, 0.2) is 6.10 Å². The molecule has 0 rings (SSSR count). The minimum absolute atomic E-state index is 0.0310. The van der Waals surface area contributed by atoms with Crippen LogP contribution in [0.4, 0.5) is 0 Å². The minimum atomic E-state index is -4.63. The molecule has 9 nitrogen and oxygen atoms in total. The third-order valence-corrected chi connectivity index (χ3v) is 11.4. The zero-order valence-electron chi connectivity index (χ0n) is 38.5. The number of carbonyl (C=O) groups is 2. The van der Waals surface area contributed by atoms with Crippen molar-refractivity contribution >= 4 is 19.8 Å². The molecule has 0 aromatic heterocycles. The third-order valence-electron chi connectivity index (χ3n) is 10.4. The zero-order valence-corrected chi connectivity index (χ0v) is 39.4. The van der Waals surface area contributed by atoms with Crippen LogP contribution in [0.1, 0.15) is 219 Å². The molecular weight excluding hydrogens is 750 g/mol. The van der Waals surface area contributed by atoms with Gasteiger partial charge in [-0.25, -0.2) is 0 Å². The number of ether oxygens (including phenoxy) is 2. The summed E-state index contributed by atoms with van der Waals surface area (Å²) in [5.74, 6) is -0.837. The Morgan fingerprint density at radius 3 is 1.28 bits per heavy atom. The van der Waals surface area contributed by atoms with Crippen molar-refractivity contribution in [1.29, 1.82) is 0 Å². The van der Waals surface area contributed by atoms with E-state index in [1.807, 2.05) is 21.1 Å². The topological polar surface area (TPSA) is 111 Å². The monoisotopic (exact) mass is 842 g/mol. The van der Waals surface area contributed by atoms with Crippen LogP contribution < -0.4 is 4.89 Å². The molecule has 0 aromatic rings. The van der Waals surface area contributed by atoms with E-state index in [4.69, 9.17) is 18.5 Å². The fourth-order valence-electron chi connectivity index (χ4n) is 6.64. The molecule has 0 heterocycles. The van der Waals surface area contributed by atoms with Gasteiger partial charge in [0.25, 0.3) is 7.82 Å². The zero-order chi connectivity index (χ0) is 42.8. The molecule has 0 N–H and O–H groups in total. The van der Waals surface area contributed by atoms with E-state index < -0.39 is 26.5 Å². The van der Waals surface area contributed by atoms with Crippen molar-refractivity contribution in [2.45, 2.75) is 225 Å². The lowest BCUT2D eigenvalue weighted by atomic mass is 10.1. The molecule has 0 spiro atoms. The van der Waals surface area contributed by atoms with Gasteiger partial charge in [0.1, 0.15) is 19.8 Å². The second-order valence-corrected chi connectivity index (χ2v) is 18.9. The molecule has 1 unspecified atom stereocenters. The number of rotatable bonds is 44. The second-order valence-electron chi connectivity index (χ2n) is 17.5. The number of hydrogen-bond donors (Lipinski definition) is 0. The highest BCUT2D eigenvalue weighted by Crippen LogP contribution is 2.38.